The molecular weight excluding hydrogens is 353 g/mol. The molecule has 1 aliphatic heterocycles. The Kier molecular flexibility index (Phi) is 5.37. The Hall–Kier alpha value is -3.15. The van der Waals surface area contributed by atoms with E-state index in [9.17, 15) is 4.39 Å². The molecule has 0 aliphatic carbocycles. The summed E-state index contributed by atoms with van der Waals surface area (Å²) in [5.74, 6) is 0.897. The highest BCUT2D eigenvalue weighted by molar-refractivity contribution is 5.86. The molecule has 1 saturated heterocycles. The lowest BCUT2D eigenvalue weighted by molar-refractivity contribution is 0.612. The summed E-state index contributed by atoms with van der Waals surface area (Å²) in [4.78, 5) is 10.5. The molecular formula is C22H24FN5. The molecule has 0 bridgehead atoms. The molecule has 3 aromatic rings. The van der Waals surface area contributed by atoms with Crippen LogP contribution in [0.15, 0.2) is 65.8 Å². The second-order valence-corrected chi connectivity index (χ2v) is 6.95. The summed E-state index contributed by atoms with van der Waals surface area (Å²) in [6, 6.07) is 18.0. The van der Waals surface area contributed by atoms with Gasteiger partial charge in [0.05, 0.1) is 0 Å². The number of halogens is 1. The topological polar surface area (TPSA) is 52.6 Å². The first-order chi connectivity index (χ1) is 13.7. The van der Waals surface area contributed by atoms with Gasteiger partial charge >= 0.3 is 0 Å². The van der Waals surface area contributed by atoms with E-state index in [1.54, 1.807) is 19.3 Å². The van der Waals surface area contributed by atoms with E-state index in [2.05, 4.69) is 63.1 Å². The number of hydrogen-bond donors (Lipinski definition) is 2. The van der Waals surface area contributed by atoms with Crippen LogP contribution in [-0.4, -0.2) is 37.1 Å². The predicted octanol–water partition coefficient (Wildman–Crippen LogP) is 3.32. The Balaban J connectivity index is 1.37. The van der Waals surface area contributed by atoms with E-state index in [0.717, 1.165) is 18.9 Å². The SMILES string of the molecule is CN=C(NCc1cccc2ccccc12)NC1CCN(c2ncccc2F)C1. The number of fused-ring (bicyclic) bond motifs is 1. The third kappa shape index (κ3) is 3.91. The minimum Gasteiger partial charge on any atom is -0.352 e. The molecule has 0 amide bonds. The first kappa shape index (κ1) is 18.2. The number of benzene rings is 2. The van der Waals surface area contributed by atoms with Crippen molar-refractivity contribution in [1.29, 1.82) is 0 Å². The average molecular weight is 377 g/mol. The summed E-state index contributed by atoms with van der Waals surface area (Å²) in [7, 11) is 1.77. The van der Waals surface area contributed by atoms with Crippen molar-refractivity contribution in [2.75, 3.05) is 25.0 Å². The lowest BCUT2D eigenvalue weighted by Gasteiger charge is -2.20. The van der Waals surface area contributed by atoms with Gasteiger partial charge in [0.2, 0.25) is 0 Å². The zero-order valence-electron chi connectivity index (χ0n) is 15.9. The number of guanidine groups is 1. The quantitative estimate of drug-likeness (QED) is 0.541. The average Bonchev–Trinajstić information content (AvgIpc) is 3.19. The minimum absolute atomic E-state index is 0.195. The van der Waals surface area contributed by atoms with Crippen molar-refractivity contribution in [2.24, 2.45) is 4.99 Å². The normalized spacial score (nSPS) is 17.1. The van der Waals surface area contributed by atoms with Gasteiger partial charge in [-0.3, -0.25) is 4.99 Å². The standard InChI is InChI=1S/C22H24FN5/c1-24-22(26-14-17-8-4-7-16-6-2-3-9-19(16)17)27-18-11-13-28(15-18)21-20(23)10-5-12-25-21/h2-10,12,18H,11,13-15H2,1H3,(H2,24,26,27). The number of nitrogens with one attached hydrogen (secondary N) is 2. The number of anilines is 1. The van der Waals surface area contributed by atoms with E-state index in [4.69, 9.17) is 0 Å². The molecule has 4 rings (SSSR count). The van der Waals surface area contributed by atoms with Crippen molar-refractivity contribution >= 4 is 22.5 Å². The summed E-state index contributed by atoms with van der Waals surface area (Å²) in [6.45, 7) is 2.15. The number of pyridine rings is 1. The van der Waals surface area contributed by atoms with Crippen molar-refractivity contribution in [2.45, 2.75) is 19.0 Å². The van der Waals surface area contributed by atoms with Gasteiger partial charge in [0, 0.05) is 38.9 Å². The summed E-state index contributed by atoms with van der Waals surface area (Å²) in [5.41, 5.74) is 1.23. The second-order valence-electron chi connectivity index (χ2n) is 6.95. The highest BCUT2D eigenvalue weighted by Crippen LogP contribution is 2.21. The van der Waals surface area contributed by atoms with Gasteiger partial charge in [-0.15, -0.1) is 0 Å². The van der Waals surface area contributed by atoms with Crippen LogP contribution < -0.4 is 15.5 Å². The second kappa shape index (κ2) is 8.25. The highest BCUT2D eigenvalue weighted by atomic mass is 19.1. The maximum Gasteiger partial charge on any atom is 0.191 e. The molecule has 2 N–H and O–H groups in total. The summed E-state index contributed by atoms with van der Waals surface area (Å²) in [6.07, 6.45) is 2.54. The van der Waals surface area contributed by atoms with Gasteiger partial charge in [-0.05, 0) is 34.9 Å². The molecule has 2 heterocycles. The van der Waals surface area contributed by atoms with Gasteiger partial charge in [0.15, 0.2) is 17.6 Å². The van der Waals surface area contributed by atoms with Crippen LogP contribution in [0.5, 0.6) is 0 Å². The third-order valence-electron chi connectivity index (χ3n) is 5.12. The molecule has 1 aromatic heterocycles. The monoisotopic (exact) mass is 377 g/mol. The smallest absolute Gasteiger partial charge is 0.191 e. The highest BCUT2D eigenvalue weighted by Gasteiger charge is 2.25. The Morgan fingerprint density at radius 1 is 1.18 bits per heavy atom. The number of nitrogens with zero attached hydrogens (tertiary/aromatic N) is 3. The van der Waals surface area contributed by atoms with Crippen LogP contribution in [0.25, 0.3) is 10.8 Å². The van der Waals surface area contributed by atoms with E-state index in [1.807, 2.05) is 4.90 Å². The maximum atomic E-state index is 14.0. The molecule has 0 radical (unpaired) electrons. The van der Waals surface area contributed by atoms with Gasteiger partial charge < -0.3 is 15.5 Å². The first-order valence-electron chi connectivity index (χ1n) is 9.54. The first-order valence-corrected chi connectivity index (χ1v) is 9.54. The van der Waals surface area contributed by atoms with Crippen LogP contribution in [0.4, 0.5) is 10.2 Å². The molecule has 1 unspecified atom stereocenters. The van der Waals surface area contributed by atoms with Gasteiger partial charge in [0.1, 0.15) is 0 Å². The van der Waals surface area contributed by atoms with Crippen LogP contribution in [-0.2, 0) is 6.54 Å². The van der Waals surface area contributed by atoms with E-state index >= 15 is 0 Å². The van der Waals surface area contributed by atoms with Crippen LogP contribution in [0.2, 0.25) is 0 Å². The van der Waals surface area contributed by atoms with Crippen molar-refractivity contribution in [3.8, 4) is 0 Å². The zero-order valence-corrected chi connectivity index (χ0v) is 15.9. The lowest BCUT2D eigenvalue weighted by Crippen LogP contribution is -2.44. The largest absolute Gasteiger partial charge is 0.352 e. The number of aromatic nitrogens is 1. The van der Waals surface area contributed by atoms with Crippen molar-refractivity contribution in [3.05, 3.63) is 72.2 Å². The van der Waals surface area contributed by atoms with Crippen LogP contribution in [0, 0.1) is 5.82 Å². The molecule has 6 heteroatoms. The molecule has 1 fully saturated rings. The number of hydrogen-bond acceptors (Lipinski definition) is 3. The Morgan fingerprint density at radius 3 is 2.89 bits per heavy atom. The van der Waals surface area contributed by atoms with E-state index < -0.39 is 0 Å². The molecule has 0 saturated carbocycles. The predicted molar refractivity (Wildman–Crippen MR) is 112 cm³/mol. The fourth-order valence-electron chi connectivity index (χ4n) is 3.69. The number of rotatable bonds is 4. The van der Waals surface area contributed by atoms with Gasteiger partial charge in [-0.2, -0.15) is 0 Å². The zero-order chi connectivity index (χ0) is 19.3. The Labute approximate surface area is 164 Å². The summed E-state index contributed by atoms with van der Waals surface area (Å²) >= 11 is 0. The van der Waals surface area contributed by atoms with Crippen molar-refractivity contribution in [3.63, 3.8) is 0 Å². The molecule has 1 atom stereocenters. The molecule has 0 spiro atoms. The van der Waals surface area contributed by atoms with Gasteiger partial charge in [-0.25, -0.2) is 9.37 Å². The summed E-state index contributed by atoms with van der Waals surface area (Å²) < 4.78 is 14.0. The van der Waals surface area contributed by atoms with E-state index in [0.29, 0.717) is 18.9 Å². The molecule has 28 heavy (non-hydrogen) atoms. The molecule has 1 aliphatic rings. The van der Waals surface area contributed by atoms with E-state index in [-0.39, 0.29) is 11.9 Å². The van der Waals surface area contributed by atoms with Gasteiger partial charge in [0.25, 0.3) is 0 Å². The Morgan fingerprint density at radius 2 is 2.04 bits per heavy atom. The fourth-order valence-corrected chi connectivity index (χ4v) is 3.69. The third-order valence-corrected chi connectivity index (χ3v) is 5.12. The molecule has 2 aromatic carbocycles. The molecule has 5 nitrogen and oxygen atoms in total. The molecule has 144 valence electrons. The number of aliphatic imine (C=N–C) groups is 1. The van der Waals surface area contributed by atoms with Crippen molar-refractivity contribution in [1.82, 2.24) is 15.6 Å². The van der Waals surface area contributed by atoms with Gasteiger partial charge in [-0.1, -0.05) is 42.5 Å². The lowest BCUT2D eigenvalue weighted by atomic mass is 10.0. The maximum absolute atomic E-state index is 14.0. The Bertz CT molecular complexity index is 982. The fraction of sp³-hybridized carbons (Fsp3) is 0.273. The van der Waals surface area contributed by atoms with Crippen LogP contribution in [0.3, 0.4) is 0 Å². The summed E-state index contributed by atoms with van der Waals surface area (Å²) in [5, 5.41) is 9.32. The van der Waals surface area contributed by atoms with Crippen LogP contribution >= 0.6 is 0 Å². The minimum atomic E-state index is -0.276. The van der Waals surface area contributed by atoms with Crippen LogP contribution in [0.1, 0.15) is 12.0 Å². The van der Waals surface area contributed by atoms with Crippen molar-refractivity contribution < 1.29 is 4.39 Å². The van der Waals surface area contributed by atoms with E-state index in [1.165, 1.54) is 22.4 Å².